The SMILES string of the molecule is O=C(C[C@H]1C[C@@H]2CC[C@@H]1C2)Nc1nnc(SCc2ccccc2F)s1. The lowest BCUT2D eigenvalue weighted by Gasteiger charge is -2.20. The maximum absolute atomic E-state index is 13.6. The average molecular weight is 378 g/mol. The second kappa shape index (κ2) is 7.41. The number of rotatable bonds is 6. The van der Waals surface area contributed by atoms with E-state index in [0.717, 1.165) is 16.2 Å². The van der Waals surface area contributed by atoms with Gasteiger partial charge >= 0.3 is 0 Å². The minimum atomic E-state index is -0.209. The molecule has 2 aliphatic rings. The highest BCUT2D eigenvalue weighted by Gasteiger charge is 2.40. The Bertz CT molecular complexity index is 766. The molecule has 2 aromatic rings. The van der Waals surface area contributed by atoms with E-state index in [1.54, 1.807) is 12.1 Å². The number of anilines is 1. The fourth-order valence-electron chi connectivity index (χ4n) is 4.11. The zero-order chi connectivity index (χ0) is 17.2. The topological polar surface area (TPSA) is 54.9 Å². The summed E-state index contributed by atoms with van der Waals surface area (Å²) in [6.45, 7) is 0. The van der Waals surface area contributed by atoms with Gasteiger partial charge in [-0.05, 0) is 48.6 Å². The molecule has 1 aromatic carbocycles. The second-order valence-electron chi connectivity index (χ2n) is 6.94. The van der Waals surface area contributed by atoms with Gasteiger partial charge < -0.3 is 5.32 Å². The predicted octanol–water partition coefficient (Wildman–Crippen LogP) is 4.73. The summed E-state index contributed by atoms with van der Waals surface area (Å²) in [7, 11) is 0. The van der Waals surface area contributed by atoms with Crippen LogP contribution in [-0.4, -0.2) is 16.1 Å². The summed E-state index contributed by atoms with van der Waals surface area (Å²) >= 11 is 2.78. The molecular formula is C18H20FN3OS2. The number of fused-ring (bicyclic) bond motifs is 2. The first kappa shape index (κ1) is 17.0. The summed E-state index contributed by atoms with van der Waals surface area (Å²) < 4.78 is 14.4. The number of benzene rings is 1. The average Bonchev–Trinajstić information content (AvgIpc) is 3.31. The molecule has 1 amide bonds. The molecule has 7 heteroatoms. The number of nitrogens with one attached hydrogen (secondary N) is 1. The lowest BCUT2D eigenvalue weighted by molar-refractivity contribution is -0.117. The molecule has 2 aliphatic carbocycles. The normalized spacial score (nSPS) is 24.6. The van der Waals surface area contributed by atoms with Crippen molar-refractivity contribution in [2.24, 2.45) is 17.8 Å². The molecule has 4 rings (SSSR count). The molecular weight excluding hydrogens is 357 g/mol. The third kappa shape index (κ3) is 4.03. The van der Waals surface area contributed by atoms with Crippen LogP contribution in [0.25, 0.3) is 0 Å². The van der Waals surface area contributed by atoms with Gasteiger partial charge in [-0.1, -0.05) is 47.7 Å². The Hall–Kier alpha value is -1.47. The Morgan fingerprint density at radius 2 is 2.16 bits per heavy atom. The highest BCUT2D eigenvalue weighted by molar-refractivity contribution is 8.00. The van der Waals surface area contributed by atoms with Crippen LogP contribution in [0.4, 0.5) is 9.52 Å². The maximum Gasteiger partial charge on any atom is 0.226 e. The van der Waals surface area contributed by atoms with E-state index in [1.165, 1.54) is 54.8 Å². The van der Waals surface area contributed by atoms with Gasteiger partial charge in [-0.25, -0.2) is 4.39 Å². The number of hydrogen-bond donors (Lipinski definition) is 1. The Morgan fingerprint density at radius 3 is 2.92 bits per heavy atom. The third-order valence-corrected chi connectivity index (χ3v) is 7.31. The van der Waals surface area contributed by atoms with Gasteiger partial charge in [0.25, 0.3) is 0 Å². The van der Waals surface area contributed by atoms with Crippen molar-refractivity contribution in [3.63, 3.8) is 0 Å². The highest BCUT2D eigenvalue weighted by atomic mass is 32.2. The van der Waals surface area contributed by atoms with Crippen LogP contribution in [0.3, 0.4) is 0 Å². The summed E-state index contributed by atoms with van der Waals surface area (Å²) in [5, 5.41) is 11.5. The molecule has 25 heavy (non-hydrogen) atoms. The first-order valence-electron chi connectivity index (χ1n) is 8.67. The fourth-order valence-corrected chi connectivity index (χ4v) is 5.86. The summed E-state index contributed by atoms with van der Waals surface area (Å²) in [5.41, 5.74) is 0.643. The number of hydrogen-bond acceptors (Lipinski definition) is 5. The van der Waals surface area contributed by atoms with E-state index in [-0.39, 0.29) is 11.7 Å². The molecule has 0 saturated heterocycles. The van der Waals surface area contributed by atoms with Crippen molar-refractivity contribution in [1.29, 1.82) is 0 Å². The lowest BCUT2D eigenvalue weighted by Crippen LogP contribution is -2.20. The molecule has 2 saturated carbocycles. The van der Waals surface area contributed by atoms with Crippen LogP contribution in [0.2, 0.25) is 0 Å². The molecule has 0 aliphatic heterocycles. The minimum absolute atomic E-state index is 0.0411. The van der Waals surface area contributed by atoms with Gasteiger partial charge in [-0.15, -0.1) is 10.2 Å². The van der Waals surface area contributed by atoms with Crippen LogP contribution in [0.1, 0.15) is 37.7 Å². The van der Waals surface area contributed by atoms with Gasteiger partial charge in [0.05, 0.1) is 0 Å². The van der Waals surface area contributed by atoms with Crippen molar-refractivity contribution >= 4 is 34.1 Å². The monoisotopic (exact) mass is 377 g/mol. The number of thioether (sulfide) groups is 1. The van der Waals surface area contributed by atoms with Gasteiger partial charge in [0, 0.05) is 12.2 Å². The van der Waals surface area contributed by atoms with Gasteiger partial charge in [-0.3, -0.25) is 4.79 Å². The van der Waals surface area contributed by atoms with Crippen LogP contribution in [-0.2, 0) is 10.5 Å². The molecule has 1 heterocycles. The van der Waals surface area contributed by atoms with E-state index in [4.69, 9.17) is 0 Å². The molecule has 3 atom stereocenters. The van der Waals surface area contributed by atoms with Crippen LogP contribution in [0.15, 0.2) is 28.6 Å². The number of halogens is 1. The van der Waals surface area contributed by atoms with E-state index < -0.39 is 0 Å². The van der Waals surface area contributed by atoms with E-state index in [2.05, 4.69) is 15.5 Å². The Morgan fingerprint density at radius 1 is 1.28 bits per heavy atom. The van der Waals surface area contributed by atoms with Gasteiger partial charge in [-0.2, -0.15) is 0 Å². The number of amides is 1. The summed E-state index contributed by atoms with van der Waals surface area (Å²) in [4.78, 5) is 12.2. The Labute approximate surface area is 154 Å². The third-order valence-electron chi connectivity index (χ3n) is 5.29. The zero-order valence-electron chi connectivity index (χ0n) is 13.8. The molecule has 0 spiro atoms. The zero-order valence-corrected chi connectivity index (χ0v) is 15.4. The first-order valence-corrected chi connectivity index (χ1v) is 10.5. The van der Waals surface area contributed by atoms with Gasteiger partial charge in [0.2, 0.25) is 11.0 Å². The van der Waals surface area contributed by atoms with Gasteiger partial charge in [0.15, 0.2) is 4.34 Å². The van der Waals surface area contributed by atoms with Crippen LogP contribution < -0.4 is 5.32 Å². The minimum Gasteiger partial charge on any atom is -0.300 e. The van der Waals surface area contributed by atoms with E-state index in [0.29, 0.717) is 28.8 Å². The van der Waals surface area contributed by atoms with Crippen LogP contribution >= 0.6 is 23.1 Å². The Balaban J connectivity index is 1.28. The molecule has 2 fully saturated rings. The molecule has 132 valence electrons. The molecule has 0 unspecified atom stereocenters. The van der Waals surface area contributed by atoms with Gasteiger partial charge in [0.1, 0.15) is 5.82 Å². The van der Waals surface area contributed by atoms with Crippen molar-refractivity contribution in [3.05, 3.63) is 35.6 Å². The summed E-state index contributed by atoms with van der Waals surface area (Å²) in [5.74, 6) is 2.48. The highest BCUT2D eigenvalue weighted by Crippen LogP contribution is 2.49. The predicted molar refractivity (Wildman–Crippen MR) is 98.1 cm³/mol. The molecule has 4 nitrogen and oxygen atoms in total. The van der Waals surface area contributed by atoms with E-state index >= 15 is 0 Å². The fraction of sp³-hybridized carbons (Fsp3) is 0.500. The van der Waals surface area contributed by atoms with Crippen molar-refractivity contribution in [3.8, 4) is 0 Å². The van der Waals surface area contributed by atoms with Crippen molar-refractivity contribution in [2.75, 3.05) is 5.32 Å². The number of carbonyl (C=O) groups excluding carboxylic acids is 1. The quantitative estimate of drug-likeness (QED) is 0.584. The summed E-state index contributed by atoms with van der Waals surface area (Å²) in [6.07, 6.45) is 5.75. The molecule has 0 radical (unpaired) electrons. The largest absolute Gasteiger partial charge is 0.300 e. The van der Waals surface area contributed by atoms with E-state index in [1.807, 2.05) is 6.07 Å². The standard InChI is InChI=1S/C18H20FN3OS2/c19-15-4-2-1-3-13(15)10-24-18-22-21-17(25-18)20-16(23)9-14-8-11-5-6-12(14)7-11/h1-4,11-12,14H,5-10H2,(H,20,21,23)/t11-,12-,14-/m1/s1. The van der Waals surface area contributed by atoms with Crippen LogP contribution in [0, 0.1) is 23.6 Å². The van der Waals surface area contributed by atoms with Crippen molar-refractivity contribution in [1.82, 2.24) is 10.2 Å². The van der Waals surface area contributed by atoms with Crippen LogP contribution in [0.5, 0.6) is 0 Å². The van der Waals surface area contributed by atoms with Crippen molar-refractivity contribution < 1.29 is 9.18 Å². The molecule has 1 N–H and O–H groups in total. The smallest absolute Gasteiger partial charge is 0.226 e. The van der Waals surface area contributed by atoms with E-state index in [9.17, 15) is 9.18 Å². The Kier molecular flexibility index (Phi) is 5.03. The molecule has 1 aromatic heterocycles. The number of carbonyl (C=O) groups is 1. The maximum atomic E-state index is 13.6. The summed E-state index contributed by atoms with van der Waals surface area (Å²) in [6, 6.07) is 6.72. The van der Waals surface area contributed by atoms with Crippen molar-refractivity contribution in [2.45, 2.75) is 42.2 Å². The second-order valence-corrected chi connectivity index (χ2v) is 9.14. The number of nitrogens with zero attached hydrogens (tertiary/aromatic N) is 2. The number of aromatic nitrogens is 2. The molecule has 2 bridgehead atoms. The first-order chi connectivity index (χ1) is 12.2. The lowest BCUT2D eigenvalue weighted by atomic mass is 9.86.